The molecule has 0 aliphatic rings. The van der Waals surface area contributed by atoms with Gasteiger partial charge in [-0.2, -0.15) is 0 Å². The van der Waals surface area contributed by atoms with Gasteiger partial charge in [-0.3, -0.25) is 24.2 Å². The van der Waals surface area contributed by atoms with Gasteiger partial charge in [0.2, 0.25) is 17.7 Å². The number of benzene rings is 2. The molecule has 3 amide bonds. The molecular formula is C29H38N8O6. The number of carbonyl (C=O) groups is 4. The first-order valence-corrected chi connectivity index (χ1v) is 13.7. The number of aromatic nitrogens is 1. The molecule has 0 aliphatic carbocycles. The first-order valence-electron chi connectivity index (χ1n) is 13.7. The van der Waals surface area contributed by atoms with Crippen molar-refractivity contribution in [3.05, 3.63) is 65.9 Å². The molecule has 12 N–H and O–H groups in total. The van der Waals surface area contributed by atoms with Crippen molar-refractivity contribution in [3.63, 3.8) is 0 Å². The number of aliphatic imine (C=N–C) groups is 1. The zero-order chi connectivity index (χ0) is 31.5. The molecule has 0 fully saturated rings. The number of aromatic hydroxyl groups is 1. The van der Waals surface area contributed by atoms with Crippen LogP contribution in [0.4, 0.5) is 0 Å². The van der Waals surface area contributed by atoms with Crippen LogP contribution in [0.25, 0.3) is 10.9 Å². The fourth-order valence-corrected chi connectivity index (χ4v) is 4.38. The minimum atomic E-state index is -1.25. The number of guanidine groups is 1. The van der Waals surface area contributed by atoms with Crippen LogP contribution >= 0.6 is 0 Å². The molecule has 4 unspecified atom stereocenters. The molecule has 0 saturated carbocycles. The van der Waals surface area contributed by atoms with E-state index in [-0.39, 0.29) is 37.5 Å². The average Bonchev–Trinajstić information content (AvgIpc) is 3.37. The van der Waals surface area contributed by atoms with E-state index in [1.54, 1.807) is 18.3 Å². The van der Waals surface area contributed by atoms with E-state index in [2.05, 4.69) is 25.9 Å². The van der Waals surface area contributed by atoms with E-state index in [4.69, 9.17) is 17.2 Å². The Hall–Kier alpha value is -5.11. The number of carboxylic acids is 1. The van der Waals surface area contributed by atoms with Gasteiger partial charge in [0.25, 0.3) is 0 Å². The molecule has 0 radical (unpaired) electrons. The minimum absolute atomic E-state index is 0.0117. The number of rotatable bonds is 15. The monoisotopic (exact) mass is 594 g/mol. The van der Waals surface area contributed by atoms with E-state index in [0.29, 0.717) is 12.0 Å². The average molecular weight is 595 g/mol. The lowest BCUT2D eigenvalue weighted by Gasteiger charge is -2.25. The summed E-state index contributed by atoms with van der Waals surface area (Å²) in [4.78, 5) is 58.3. The molecule has 0 spiro atoms. The second kappa shape index (κ2) is 15.2. The number of amides is 3. The van der Waals surface area contributed by atoms with Gasteiger partial charge in [0, 0.05) is 36.5 Å². The number of phenols is 1. The smallest absolute Gasteiger partial charge is 0.325 e. The highest BCUT2D eigenvalue weighted by Crippen LogP contribution is 2.19. The van der Waals surface area contributed by atoms with Crippen molar-refractivity contribution in [2.24, 2.45) is 22.2 Å². The maximum absolute atomic E-state index is 13.7. The number of fused-ring (bicyclic) bond motifs is 1. The number of nitrogens with one attached hydrogen (secondary N) is 4. The SMILES string of the molecule is CC(NC(=O)C(Cc1ccc(O)cc1)NC(=O)C(Cc1c[nH]c2ccccc12)NC(=O)C(N)CCCN=C(N)N)C(=O)O. The van der Waals surface area contributed by atoms with Crippen molar-refractivity contribution >= 4 is 40.6 Å². The van der Waals surface area contributed by atoms with Crippen LogP contribution in [0.3, 0.4) is 0 Å². The molecule has 0 aliphatic heterocycles. The maximum Gasteiger partial charge on any atom is 0.325 e. The second-order valence-electron chi connectivity index (χ2n) is 10.2. The van der Waals surface area contributed by atoms with Crippen molar-refractivity contribution in [1.29, 1.82) is 0 Å². The lowest BCUT2D eigenvalue weighted by Crippen LogP contribution is -2.57. The Bertz CT molecular complexity index is 1450. The number of nitrogens with zero attached hydrogens (tertiary/aromatic N) is 1. The molecule has 230 valence electrons. The molecular weight excluding hydrogens is 556 g/mol. The van der Waals surface area contributed by atoms with Gasteiger partial charge < -0.3 is 48.3 Å². The predicted octanol–water partition coefficient (Wildman–Crippen LogP) is -0.401. The quantitative estimate of drug-likeness (QED) is 0.0629. The molecule has 3 aromatic rings. The van der Waals surface area contributed by atoms with E-state index in [9.17, 15) is 29.4 Å². The highest BCUT2D eigenvalue weighted by atomic mass is 16.4. The molecule has 3 rings (SSSR count). The number of aromatic amines is 1. The molecule has 2 aromatic carbocycles. The van der Waals surface area contributed by atoms with Crippen LogP contribution in [0.1, 0.15) is 30.9 Å². The lowest BCUT2D eigenvalue weighted by molar-refractivity contribution is -0.141. The maximum atomic E-state index is 13.7. The van der Waals surface area contributed by atoms with E-state index in [1.165, 1.54) is 19.1 Å². The van der Waals surface area contributed by atoms with Crippen LogP contribution in [0, 0.1) is 0 Å². The Kier molecular flexibility index (Phi) is 11.5. The Morgan fingerprint density at radius 3 is 2.21 bits per heavy atom. The zero-order valence-electron chi connectivity index (χ0n) is 23.7. The van der Waals surface area contributed by atoms with Gasteiger partial charge in [-0.05, 0) is 49.1 Å². The van der Waals surface area contributed by atoms with Gasteiger partial charge in [0.1, 0.15) is 23.9 Å². The van der Waals surface area contributed by atoms with Crippen molar-refractivity contribution in [2.45, 2.75) is 56.8 Å². The molecule has 0 bridgehead atoms. The Morgan fingerprint density at radius 2 is 1.53 bits per heavy atom. The molecule has 4 atom stereocenters. The molecule has 1 aromatic heterocycles. The van der Waals surface area contributed by atoms with Gasteiger partial charge in [-0.25, -0.2) is 0 Å². The first-order chi connectivity index (χ1) is 20.4. The number of H-pyrrole nitrogens is 1. The van der Waals surface area contributed by atoms with E-state index < -0.39 is 47.9 Å². The number of para-hydroxylation sites is 1. The fraction of sp³-hybridized carbons (Fsp3) is 0.345. The lowest BCUT2D eigenvalue weighted by atomic mass is 10.0. The summed E-state index contributed by atoms with van der Waals surface area (Å²) in [5.74, 6) is -3.29. The van der Waals surface area contributed by atoms with Crippen LogP contribution in [-0.2, 0) is 32.0 Å². The third-order valence-corrected chi connectivity index (χ3v) is 6.77. The Morgan fingerprint density at radius 1 is 0.907 bits per heavy atom. The summed E-state index contributed by atoms with van der Waals surface area (Å²) in [7, 11) is 0. The van der Waals surface area contributed by atoms with Gasteiger partial charge in [0.15, 0.2) is 5.96 Å². The Labute approximate surface area is 248 Å². The number of carbonyl (C=O) groups excluding carboxylic acids is 3. The fourth-order valence-electron chi connectivity index (χ4n) is 4.38. The Balaban J connectivity index is 1.84. The second-order valence-corrected chi connectivity index (χ2v) is 10.2. The highest BCUT2D eigenvalue weighted by Gasteiger charge is 2.30. The molecule has 14 nitrogen and oxygen atoms in total. The van der Waals surface area contributed by atoms with Crippen LogP contribution in [0.2, 0.25) is 0 Å². The van der Waals surface area contributed by atoms with Gasteiger partial charge in [0.05, 0.1) is 6.04 Å². The van der Waals surface area contributed by atoms with Crippen molar-refractivity contribution in [1.82, 2.24) is 20.9 Å². The van der Waals surface area contributed by atoms with Crippen molar-refractivity contribution in [2.75, 3.05) is 6.54 Å². The largest absolute Gasteiger partial charge is 0.508 e. The van der Waals surface area contributed by atoms with Crippen LogP contribution in [0.5, 0.6) is 5.75 Å². The summed E-state index contributed by atoms with van der Waals surface area (Å²) < 4.78 is 0. The summed E-state index contributed by atoms with van der Waals surface area (Å²) in [5, 5.41) is 27.5. The zero-order valence-corrected chi connectivity index (χ0v) is 23.7. The molecule has 14 heteroatoms. The number of phenolic OH excluding ortho intramolecular Hbond substituents is 1. The molecule has 43 heavy (non-hydrogen) atoms. The topological polar surface area (TPSA) is 251 Å². The minimum Gasteiger partial charge on any atom is -0.508 e. The third kappa shape index (κ3) is 9.74. The van der Waals surface area contributed by atoms with Crippen LogP contribution < -0.4 is 33.2 Å². The number of hydrogen-bond acceptors (Lipinski definition) is 7. The van der Waals surface area contributed by atoms with Gasteiger partial charge in [-0.1, -0.05) is 30.3 Å². The number of nitrogens with two attached hydrogens (primary N) is 3. The summed E-state index contributed by atoms with van der Waals surface area (Å²) >= 11 is 0. The van der Waals surface area contributed by atoms with E-state index in [0.717, 1.165) is 16.5 Å². The number of aliphatic carboxylic acids is 1. The van der Waals surface area contributed by atoms with Gasteiger partial charge in [-0.15, -0.1) is 0 Å². The summed E-state index contributed by atoms with van der Waals surface area (Å²) in [5.41, 5.74) is 18.9. The first kappa shape index (κ1) is 32.4. The summed E-state index contributed by atoms with van der Waals surface area (Å²) in [6, 6.07) is 8.97. The normalized spacial score (nSPS) is 13.7. The number of hydrogen-bond donors (Lipinski definition) is 9. The van der Waals surface area contributed by atoms with Gasteiger partial charge >= 0.3 is 5.97 Å². The van der Waals surface area contributed by atoms with E-state index >= 15 is 0 Å². The number of carboxylic acid groups (broad SMARTS) is 1. The standard InChI is InChI=1S/C29H38N8O6/c1-16(28(42)43)35-26(40)23(13-17-8-10-19(38)11-9-17)37-27(41)24(14-18-15-34-22-7-3-2-5-20(18)22)36-25(39)21(30)6-4-12-33-29(31)32/h2-3,5,7-11,15-16,21,23-24,34,38H,4,6,12-14,30H2,1H3,(H,35,40)(H,36,39)(H,37,41)(H,42,43)(H4,31,32,33). The summed E-state index contributed by atoms with van der Waals surface area (Å²) in [6.07, 6.45) is 2.48. The van der Waals surface area contributed by atoms with Crippen LogP contribution in [-0.4, -0.2) is 75.6 Å². The van der Waals surface area contributed by atoms with Crippen molar-refractivity contribution in [3.8, 4) is 5.75 Å². The predicted molar refractivity (Wildman–Crippen MR) is 161 cm³/mol. The van der Waals surface area contributed by atoms with E-state index in [1.807, 2.05) is 24.3 Å². The van der Waals surface area contributed by atoms with Crippen molar-refractivity contribution < 1.29 is 29.4 Å². The van der Waals surface area contributed by atoms with Crippen LogP contribution in [0.15, 0.2) is 59.7 Å². The summed E-state index contributed by atoms with van der Waals surface area (Å²) in [6.45, 7) is 1.58. The third-order valence-electron chi connectivity index (χ3n) is 6.77. The highest BCUT2D eigenvalue weighted by molar-refractivity contribution is 5.95. The molecule has 0 saturated heterocycles. The molecule has 1 heterocycles.